The van der Waals surface area contributed by atoms with E-state index in [-0.39, 0.29) is 5.91 Å². The Morgan fingerprint density at radius 1 is 0.821 bits per heavy atom. The maximum Gasteiger partial charge on any atom is 0.253 e. The number of aromatic nitrogens is 2. The lowest BCUT2D eigenvalue weighted by atomic mass is 10.2. The third kappa shape index (κ3) is 4.28. The third-order valence-corrected chi connectivity index (χ3v) is 4.88. The van der Waals surface area contributed by atoms with Gasteiger partial charge >= 0.3 is 0 Å². The first kappa shape index (κ1) is 18.0. The highest BCUT2D eigenvalue weighted by Crippen LogP contribution is 2.16. The van der Waals surface area contributed by atoms with Crippen molar-refractivity contribution in [1.82, 2.24) is 15.1 Å². The van der Waals surface area contributed by atoms with Crippen LogP contribution in [0.25, 0.3) is 0 Å². The normalized spacial score (nSPS) is 14.0. The number of hydrogen-bond donors (Lipinski definition) is 1. The SMILES string of the molecule is O=C(c1ccccc1)N1CCN(c2ccc(NCc3ccccc3)nn2)CC1. The van der Waals surface area contributed by atoms with E-state index in [9.17, 15) is 4.79 Å². The topological polar surface area (TPSA) is 61.4 Å². The maximum atomic E-state index is 12.5. The summed E-state index contributed by atoms with van der Waals surface area (Å²) in [5.41, 5.74) is 1.94. The molecule has 6 heteroatoms. The number of piperazine rings is 1. The fourth-order valence-electron chi connectivity index (χ4n) is 3.28. The molecule has 1 amide bonds. The fourth-order valence-corrected chi connectivity index (χ4v) is 3.28. The number of nitrogens with zero attached hydrogens (tertiary/aromatic N) is 4. The number of rotatable bonds is 5. The molecule has 0 atom stereocenters. The lowest BCUT2D eigenvalue weighted by molar-refractivity contribution is 0.0746. The molecule has 1 N–H and O–H groups in total. The van der Waals surface area contributed by atoms with E-state index in [2.05, 4.69) is 32.5 Å². The smallest absolute Gasteiger partial charge is 0.253 e. The second-order valence-corrected chi connectivity index (χ2v) is 6.76. The Balaban J connectivity index is 1.30. The van der Waals surface area contributed by atoms with Gasteiger partial charge < -0.3 is 15.1 Å². The summed E-state index contributed by atoms with van der Waals surface area (Å²) in [5, 5.41) is 11.9. The second-order valence-electron chi connectivity index (χ2n) is 6.76. The first-order chi connectivity index (χ1) is 13.8. The van der Waals surface area contributed by atoms with Crippen LogP contribution >= 0.6 is 0 Å². The molecule has 1 saturated heterocycles. The number of hydrogen-bond acceptors (Lipinski definition) is 5. The molecule has 6 nitrogen and oxygen atoms in total. The largest absolute Gasteiger partial charge is 0.365 e. The maximum absolute atomic E-state index is 12.5. The quantitative estimate of drug-likeness (QED) is 0.745. The molecule has 0 spiro atoms. The van der Waals surface area contributed by atoms with E-state index < -0.39 is 0 Å². The Kier molecular flexibility index (Phi) is 5.47. The highest BCUT2D eigenvalue weighted by Gasteiger charge is 2.22. The molecular formula is C22H23N5O. The molecule has 142 valence electrons. The Hall–Kier alpha value is -3.41. The van der Waals surface area contributed by atoms with Crippen molar-refractivity contribution in [2.75, 3.05) is 36.4 Å². The van der Waals surface area contributed by atoms with Crippen molar-refractivity contribution < 1.29 is 4.79 Å². The van der Waals surface area contributed by atoms with Gasteiger partial charge in [0.05, 0.1) is 0 Å². The highest BCUT2D eigenvalue weighted by molar-refractivity contribution is 5.94. The molecule has 3 aromatic rings. The first-order valence-electron chi connectivity index (χ1n) is 9.50. The van der Waals surface area contributed by atoms with Gasteiger partial charge in [-0.1, -0.05) is 48.5 Å². The lowest BCUT2D eigenvalue weighted by Gasteiger charge is -2.35. The van der Waals surface area contributed by atoms with Gasteiger partial charge in [-0.2, -0.15) is 0 Å². The molecule has 0 bridgehead atoms. The van der Waals surface area contributed by atoms with Crippen LogP contribution < -0.4 is 10.2 Å². The Labute approximate surface area is 164 Å². The molecular weight excluding hydrogens is 350 g/mol. The summed E-state index contributed by atoms with van der Waals surface area (Å²) >= 11 is 0. The van der Waals surface area contributed by atoms with E-state index in [4.69, 9.17) is 0 Å². The van der Waals surface area contributed by atoms with Crippen molar-refractivity contribution in [3.63, 3.8) is 0 Å². The van der Waals surface area contributed by atoms with Crippen LogP contribution in [-0.2, 0) is 6.54 Å². The minimum Gasteiger partial charge on any atom is -0.365 e. The van der Waals surface area contributed by atoms with Gasteiger partial charge in [0.2, 0.25) is 0 Å². The van der Waals surface area contributed by atoms with Crippen molar-refractivity contribution in [2.45, 2.75) is 6.54 Å². The number of carbonyl (C=O) groups excluding carboxylic acids is 1. The van der Waals surface area contributed by atoms with Crippen LogP contribution in [0.1, 0.15) is 15.9 Å². The van der Waals surface area contributed by atoms with Gasteiger partial charge in [-0.15, -0.1) is 10.2 Å². The summed E-state index contributed by atoms with van der Waals surface area (Å²) in [6.07, 6.45) is 0. The summed E-state index contributed by atoms with van der Waals surface area (Å²) in [4.78, 5) is 16.6. The zero-order valence-electron chi connectivity index (χ0n) is 15.7. The first-order valence-corrected chi connectivity index (χ1v) is 9.50. The van der Waals surface area contributed by atoms with Crippen LogP contribution in [-0.4, -0.2) is 47.2 Å². The number of carbonyl (C=O) groups is 1. The van der Waals surface area contributed by atoms with E-state index in [0.29, 0.717) is 13.1 Å². The molecule has 1 aliphatic rings. The Morgan fingerprint density at radius 3 is 2.14 bits per heavy atom. The van der Waals surface area contributed by atoms with Crippen LogP contribution in [0.3, 0.4) is 0 Å². The van der Waals surface area contributed by atoms with E-state index >= 15 is 0 Å². The minimum atomic E-state index is 0.0896. The summed E-state index contributed by atoms with van der Waals surface area (Å²) in [6, 6.07) is 23.6. The van der Waals surface area contributed by atoms with Gasteiger partial charge in [0.1, 0.15) is 5.82 Å². The zero-order valence-corrected chi connectivity index (χ0v) is 15.7. The van der Waals surface area contributed by atoms with Gasteiger partial charge in [0.25, 0.3) is 5.91 Å². The molecule has 4 rings (SSSR count). The van der Waals surface area contributed by atoms with Crippen molar-refractivity contribution in [3.05, 3.63) is 83.9 Å². The number of anilines is 2. The van der Waals surface area contributed by atoms with E-state index in [0.717, 1.165) is 36.8 Å². The average Bonchev–Trinajstić information content (AvgIpc) is 2.79. The predicted molar refractivity (Wildman–Crippen MR) is 110 cm³/mol. The van der Waals surface area contributed by atoms with Crippen molar-refractivity contribution in [2.24, 2.45) is 0 Å². The minimum absolute atomic E-state index is 0.0896. The monoisotopic (exact) mass is 373 g/mol. The van der Waals surface area contributed by atoms with Gasteiger partial charge in [0, 0.05) is 38.3 Å². The van der Waals surface area contributed by atoms with E-state index in [1.165, 1.54) is 5.56 Å². The van der Waals surface area contributed by atoms with Crippen LogP contribution in [0.2, 0.25) is 0 Å². The number of nitrogens with one attached hydrogen (secondary N) is 1. The third-order valence-electron chi connectivity index (χ3n) is 4.88. The molecule has 2 heterocycles. The van der Waals surface area contributed by atoms with Gasteiger partial charge in [-0.05, 0) is 29.8 Å². The summed E-state index contributed by atoms with van der Waals surface area (Å²) in [6.45, 7) is 3.59. The van der Waals surface area contributed by atoms with Gasteiger partial charge in [-0.25, -0.2) is 0 Å². The molecule has 2 aromatic carbocycles. The highest BCUT2D eigenvalue weighted by atomic mass is 16.2. The standard InChI is InChI=1S/C22H23N5O/c28-22(19-9-5-2-6-10-19)27-15-13-26(14-16-27)21-12-11-20(24-25-21)23-17-18-7-3-1-4-8-18/h1-12H,13-17H2,(H,23,24). The summed E-state index contributed by atoms with van der Waals surface area (Å²) < 4.78 is 0. The molecule has 28 heavy (non-hydrogen) atoms. The molecule has 0 radical (unpaired) electrons. The van der Waals surface area contributed by atoms with Gasteiger partial charge in [0.15, 0.2) is 5.82 Å². The zero-order chi connectivity index (χ0) is 19.2. The van der Waals surface area contributed by atoms with Crippen molar-refractivity contribution in [3.8, 4) is 0 Å². The molecule has 1 aromatic heterocycles. The fraction of sp³-hybridized carbons (Fsp3) is 0.227. The van der Waals surface area contributed by atoms with E-state index in [1.54, 1.807) is 0 Å². The Bertz CT molecular complexity index is 891. The number of amides is 1. The van der Waals surface area contributed by atoms with Crippen LogP contribution in [0.15, 0.2) is 72.8 Å². The van der Waals surface area contributed by atoms with Crippen LogP contribution in [0.4, 0.5) is 11.6 Å². The van der Waals surface area contributed by atoms with Crippen molar-refractivity contribution >= 4 is 17.5 Å². The average molecular weight is 373 g/mol. The lowest BCUT2D eigenvalue weighted by Crippen LogP contribution is -2.49. The Morgan fingerprint density at radius 2 is 1.50 bits per heavy atom. The molecule has 0 aliphatic carbocycles. The summed E-state index contributed by atoms with van der Waals surface area (Å²) in [5.74, 6) is 1.69. The molecule has 0 saturated carbocycles. The predicted octanol–water partition coefficient (Wildman–Crippen LogP) is 3.05. The van der Waals surface area contributed by atoms with Crippen LogP contribution in [0, 0.1) is 0 Å². The van der Waals surface area contributed by atoms with E-state index in [1.807, 2.05) is 65.6 Å². The number of benzene rings is 2. The molecule has 1 fully saturated rings. The van der Waals surface area contributed by atoms with Crippen molar-refractivity contribution in [1.29, 1.82) is 0 Å². The van der Waals surface area contributed by atoms with Crippen LogP contribution in [0.5, 0.6) is 0 Å². The summed E-state index contributed by atoms with van der Waals surface area (Å²) in [7, 11) is 0. The molecule has 0 unspecified atom stereocenters. The molecule has 1 aliphatic heterocycles. The second kappa shape index (κ2) is 8.52. The van der Waals surface area contributed by atoms with Gasteiger partial charge in [-0.3, -0.25) is 4.79 Å².